The summed E-state index contributed by atoms with van der Waals surface area (Å²) >= 11 is 0. The molecule has 1 heterocycles. The van der Waals surface area contributed by atoms with Crippen molar-refractivity contribution in [1.82, 2.24) is 9.66 Å². The van der Waals surface area contributed by atoms with Crippen molar-refractivity contribution >= 4 is 12.2 Å². The normalized spacial score (nSPS) is 12.2. The first-order chi connectivity index (χ1) is 9.25. The van der Waals surface area contributed by atoms with Crippen LogP contribution in [0.1, 0.15) is 16.8 Å². The van der Waals surface area contributed by atoms with E-state index in [4.69, 9.17) is 5.73 Å². The molecule has 0 saturated carbocycles. The van der Waals surface area contributed by atoms with E-state index in [9.17, 15) is 17.6 Å². The smallest absolute Gasteiger partial charge is 0.368 e. The average molecular weight is 286 g/mol. The number of hydrogen-bond acceptors (Lipinski definition) is 3. The number of aromatic nitrogens is 2. The maximum Gasteiger partial charge on any atom is 0.416 e. The molecule has 0 aliphatic carbocycles. The van der Waals surface area contributed by atoms with E-state index in [0.717, 1.165) is 18.3 Å². The number of aryl methyl sites for hydroxylation is 1. The van der Waals surface area contributed by atoms with Crippen LogP contribution in [0, 0.1) is 12.7 Å². The van der Waals surface area contributed by atoms with Crippen LogP contribution in [0.3, 0.4) is 0 Å². The Bertz CT molecular complexity index is 658. The fraction of sp³-hybridized carbons (Fsp3) is 0.167. The zero-order valence-electron chi connectivity index (χ0n) is 10.3. The minimum atomic E-state index is -4.62. The zero-order valence-corrected chi connectivity index (χ0v) is 10.3. The first-order valence-corrected chi connectivity index (χ1v) is 5.49. The maximum atomic E-state index is 13.2. The van der Waals surface area contributed by atoms with Crippen molar-refractivity contribution < 1.29 is 17.6 Å². The third-order valence-corrected chi connectivity index (χ3v) is 2.41. The summed E-state index contributed by atoms with van der Waals surface area (Å²) in [5.41, 5.74) is 5.02. The fourth-order valence-corrected chi connectivity index (χ4v) is 1.58. The molecule has 0 atom stereocenters. The molecule has 106 valence electrons. The average Bonchev–Trinajstić information content (AvgIpc) is 2.63. The van der Waals surface area contributed by atoms with E-state index in [1.54, 1.807) is 6.92 Å². The van der Waals surface area contributed by atoms with Gasteiger partial charge in [-0.1, -0.05) is 0 Å². The van der Waals surface area contributed by atoms with Crippen LogP contribution < -0.4 is 5.73 Å². The van der Waals surface area contributed by atoms with E-state index in [0.29, 0.717) is 11.8 Å². The Kier molecular flexibility index (Phi) is 3.47. The van der Waals surface area contributed by atoms with Gasteiger partial charge in [0, 0.05) is 0 Å². The largest absolute Gasteiger partial charge is 0.416 e. The molecular formula is C12H10F4N4. The number of hydrogen-bond donors (Lipinski definition) is 1. The predicted molar refractivity (Wildman–Crippen MR) is 65.8 cm³/mol. The molecule has 0 spiro atoms. The van der Waals surface area contributed by atoms with Gasteiger partial charge in [-0.15, -0.1) is 0 Å². The second-order valence-electron chi connectivity index (χ2n) is 4.10. The number of anilines is 1. The monoisotopic (exact) mass is 286 g/mol. The molecule has 0 saturated heterocycles. The molecule has 0 amide bonds. The lowest BCUT2D eigenvalue weighted by Gasteiger charge is -2.07. The number of nitrogens with two attached hydrogens (primary N) is 1. The Morgan fingerprint density at radius 1 is 1.30 bits per heavy atom. The van der Waals surface area contributed by atoms with E-state index in [2.05, 4.69) is 10.1 Å². The molecule has 0 unspecified atom stereocenters. The number of nitrogen functional groups attached to an aromatic ring is 1. The van der Waals surface area contributed by atoms with Gasteiger partial charge in [0.1, 0.15) is 5.82 Å². The molecule has 0 fully saturated rings. The van der Waals surface area contributed by atoms with Crippen LogP contribution in [-0.4, -0.2) is 15.9 Å². The number of nitrogens with zero attached hydrogens (tertiary/aromatic N) is 3. The summed E-state index contributed by atoms with van der Waals surface area (Å²) in [7, 11) is 0. The summed E-state index contributed by atoms with van der Waals surface area (Å²) in [6.45, 7) is 1.69. The van der Waals surface area contributed by atoms with Gasteiger partial charge in [-0.25, -0.2) is 14.1 Å². The molecule has 0 aliphatic heterocycles. The van der Waals surface area contributed by atoms with Crippen LogP contribution in [0.5, 0.6) is 0 Å². The van der Waals surface area contributed by atoms with E-state index < -0.39 is 17.6 Å². The Balaban J connectivity index is 2.34. The van der Waals surface area contributed by atoms with Gasteiger partial charge in [-0.3, -0.25) is 0 Å². The molecule has 1 aromatic heterocycles. The van der Waals surface area contributed by atoms with Crippen LogP contribution in [0.4, 0.5) is 23.5 Å². The van der Waals surface area contributed by atoms with Crippen LogP contribution >= 0.6 is 0 Å². The van der Waals surface area contributed by atoms with Crippen molar-refractivity contribution in [3.63, 3.8) is 0 Å². The minimum Gasteiger partial charge on any atom is -0.368 e. The Hall–Kier alpha value is -2.38. The van der Waals surface area contributed by atoms with Gasteiger partial charge in [0.25, 0.3) is 0 Å². The molecular weight excluding hydrogens is 276 g/mol. The minimum absolute atomic E-state index is 0.0249. The quantitative estimate of drug-likeness (QED) is 0.681. The van der Waals surface area contributed by atoms with Crippen LogP contribution in [0.15, 0.2) is 29.5 Å². The summed E-state index contributed by atoms with van der Waals surface area (Å²) in [4.78, 5) is 3.87. The molecule has 2 N–H and O–H groups in total. The molecule has 0 aliphatic rings. The summed E-state index contributed by atoms with van der Waals surface area (Å²) in [5, 5.41) is 3.83. The van der Waals surface area contributed by atoms with Gasteiger partial charge in [-0.2, -0.15) is 18.3 Å². The maximum absolute atomic E-state index is 13.2. The van der Waals surface area contributed by atoms with E-state index in [1.807, 2.05) is 0 Å². The SMILES string of the molecule is Cc1cn(N=Cc2cc(F)cc(C(F)(F)F)c2)c(N)n1. The second-order valence-corrected chi connectivity index (χ2v) is 4.10. The third kappa shape index (κ3) is 3.14. The van der Waals surface area contributed by atoms with E-state index >= 15 is 0 Å². The summed E-state index contributed by atoms with van der Waals surface area (Å²) < 4.78 is 51.9. The molecule has 1 aromatic carbocycles. The third-order valence-electron chi connectivity index (χ3n) is 2.41. The van der Waals surface area contributed by atoms with Crippen molar-refractivity contribution in [3.8, 4) is 0 Å². The Morgan fingerprint density at radius 3 is 2.55 bits per heavy atom. The summed E-state index contributed by atoms with van der Waals surface area (Å²) in [5.74, 6) is -0.901. The number of halogens is 4. The van der Waals surface area contributed by atoms with Crippen molar-refractivity contribution in [2.24, 2.45) is 5.10 Å². The summed E-state index contributed by atoms with van der Waals surface area (Å²) in [6, 6.07) is 2.17. The Labute approximate surface area is 111 Å². The topological polar surface area (TPSA) is 56.2 Å². The number of benzene rings is 1. The zero-order chi connectivity index (χ0) is 14.9. The van der Waals surface area contributed by atoms with Crippen LogP contribution in [-0.2, 0) is 6.18 Å². The molecule has 20 heavy (non-hydrogen) atoms. The van der Waals surface area contributed by atoms with Crippen LogP contribution in [0.2, 0.25) is 0 Å². The highest BCUT2D eigenvalue weighted by molar-refractivity contribution is 5.80. The number of imidazole rings is 1. The van der Waals surface area contributed by atoms with Crippen molar-refractivity contribution in [2.75, 3.05) is 5.73 Å². The highest BCUT2D eigenvalue weighted by Crippen LogP contribution is 2.30. The summed E-state index contributed by atoms with van der Waals surface area (Å²) in [6.07, 6.45) is -2.04. The molecule has 0 radical (unpaired) electrons. The van der Waals surface area contributed by atoms with Gasteiger partial charge in [0.05, 0.1) is 23.7 Å². The molecule has 2 rings (SSSR count). The van der Waals surface area contributed by atoms with Crippen molar-refractivity contribution in [2.45, 2.75) is 13.1 Å². The van der Waals surface area contributed by atoms with E-state index in [-0.39, 0.29) is 11.5 Å². The van der Waals surface area contributed by atoms with Gasteiger partial charge in [0.2, 0.25) is 5.95 Å². The molecule has 2 aromatic rings. The van der Waals surface area contributed by atoms with Gasteiger partial charge in [0.15, 0.2) is 0 Å². The predicted octanol–water partition coefficient (Wildman–Crippen LogP) is 2.81. The highest BCUT2D eigenvalue weighted by atomic mass is 19.4. The second kappa shape index (κ2) is 4.95. The molecule has 0 bridgehead atoms. The van der Waals surface area contributed by atoms with Crippen LogP contribution in [0.25, 0.3) is 0 Å². The lowest BCUT2D eigenvalue weighted by Crippen LogP contribution is -2.06. The highest BCUT2D eigenvalue weighted by Gasteiger charge is 2.31. The lowest BCUT2D eigenvalue weighted by molar-refractivity contribution is -0.137. The molecule has 4 nitrogen and oxygen atoms in total. The van der Waals surface area contributed by atoms with Crippen molar-refractivity contribution in [1.29, 1.82) is 0 Å². The standard InChI is InChI=1S/C12H10F4N4/c1-7-6-20(11(17)19-7)18-5-8-2-9(12(14,15)16)4-10(13)3-8/h2-6H,1H3,(H2,17,19). The van der Waals surface area contributed by atoms with Gasteiger partial charge in [-0.05, 0) is 30.7 Å². The number of alkyl halides is 3. The fourth-order valence-electron chi connectivity index (χ4n) is 1.58. The van der Waals surface area contributed by atoms with Crippen molar-refractivity contribution in [3.05, 3.63) is 47.0 Å². The van der Waals surface area contributed by atoms with E-state index in [1.165, 1.54) is 10.9 Å². The molecule has 8 heteroatoms. The van der Waals surface area contributed by atoms with Gasteiger partial charge >= 0.3 is 6.18 Å². The van der Waals surface area contributed by atoms with Gasteiger partial charge < -0.3 is 5.73 Å². The Morgan fingerprint density at radius 2 is 2.00 bits per heavy atom. The number of rotatable bonds is 2. The first-order valence-electron chi connectivity index (χ1n) is 5.49. The lowest BCUT2D eigenvalue weighted by atomic mass is 10.1. The first kappa shape index (κ1) is 14.0.